The van der Waals surface area contributed by atoms with E-state index in [-0.39, 0.29) is 18.7 Å². The summed E-state index contributed by atoms with van der Waals surface area (Å²) in [6.07, 6.45) is 1.17. The summed E-state index contributed by atoms with van der Waals surface area (Å²) in [5.41, 5.74) is 0.596. The van der Waals surface area contributed by atoms with Gasteiger partial charge in [-0.2, -0.15) is 5.26 Å². The van der Waals surface area contributed by atoms with Gasteiger partial charge in [0.05, 0.1) is 7.11 Å². The number of esters is 1. The molecule has 0 aliphatic heterocycles. The molecule has 0 bridgehead atoms. The molecule has 0 fully saturated rings. The van der Waals surface area contributed by atoms with Gasteiger partial charge in [0, 0.05) is 17.8 Å². The minimum Gasteiger partial charge on any atom is -0.468 e. The number of nitrogens with zero attached hydrogens (tertiary/aromatic N) is 1. The summed E-state index contributed by atoms with van der Waals surface area (Å²) in [6, 6.07) is 8.81. The Morgan fingerprint density at radius 1 is 1.43 bits per heavy atom. The Kier molecular flexibility index (Phi) is 6.78. The molecular formula is C14H14ClN3O3. The van der Waals surface area contributed by atoms with E-state index < -0.39 is 11.9 Å². The molecule has 0 aliphatic rings. The SMILES string of the molecule is COC(=O)CN/C=C(/C#N)C(=O)NCc1ccccc1Cl. The standard InChI is InChI=1S/C14H14ClN3O3/c1-21-13(19)9-17-7-11(6-16)14(20)18-8-10-4-2-3-5-12(10)15/h2-5,7,17H,8-9H2,1H3,(H,18,20)/b11-7-. The third-order valence-electron chi connectivity index (χ3n) is 2.48. The number of carbonyl (C=O) groups is 2. The third kappa shape index (κ3) is 5.55. The molecule has 21 heavy (non-hydrogen) atoms. The smallest absolute Gasteiger partial charge is 0.325 e. The van der Waals surface area contributed by atoms with Crippen molar-refractivity contribution in [3.8, 4) is 6.07 Å². The Labute approximate surface area is 127 Å². The lowest BCUT2D eigenvalue weighted by atomic mass is 10.2. The summed E-state index contributed by atoms with van der Waals surface area (Å²) < 4.78 is 4.42. The molecular weight excluding hydrogens is 294 g/mol. The Morgan fingerprint density at radius 3 is 2.76 bits per heavy atom. The van der Waals surface area contributed by atoms with E-state index in [1.165, 1.54) is 13.3 Å². The minimum absolute atomic E-state index is 0.126. The van der Waals surface area contributed by atoms with Crippen LogP contribution >= 0.6 is 11.6 Å². The van der Waals surface area contributed by atoms with Gasteiger partial charge < -0.3 is 15.4 Å². The molecule has 1 aromatic carbocycles. The van der Waals surface area contributed by atoms with Gasteiger partial charge in [0.15, 0.2) is 0 Å². The van der Waals surface area contributed by atoms with Gasteiger partial charge in [-0.15, -0.1) is 0 Å². The molecule has 0 unspecified atom stereocenters. The molecule has 0 saturated carbocycles. The maximum absolute atomic E-state index is 11.8. The monoisotopic (exact) mass is 307 g/mol. The summed E-state index contributed by atoms with van der Waals surface area (Å²) in [6.45, 7) is 0.0774. The first kappa shape index (κ1) is 16.5. The number of rotatable bonds is 6. The van der Waals surface area contributed by atoms with Crippen LogP contribution < -0.4 is 10.6 Å². The molecule has 7 heteroatoms. The Bertz CT molecular complexity index is 593. The van der Waals surface area contributed by atoms with Crippen LogP contribution in [0.3, 0.4) is 0 Å². The molecule has 6 nitrogen and oxygen atoms in total. The summed E-state index contributed by atoms with van der Waals surface area (Å²) in [4.78, 5) is 22.7. The summed E-state index contributed by atoms with van der Waals surface area (Å²) >= 11 is 5.96. The van der Waals surface area contributed by atoms with Crippen molar-refractivity contribution in [2.75, 3.05) is 13.7 Å². The number of halogens is 1. The van der Waals surface area contributed by atoms with E-state index in [0.29, 0.717) is 5.02 Å². The van der Waals surface area contributed by atoms with E-state index in [9.17, 15) is 9.59 Å². The molecule has 1 aromatic rings. The lowest BCUT2D eigenvalue weighted by molar-refractivity contribution is -0.139. The van der Waals surface area contributed by atoms with Crippen LogP contribution in [0.1, 0.15) is 5.56 Å². The number of ether oxygens (including phenoxy) is 1. The van der Waals surface area contributed by atoms with Crippen molar-refractivity contribution in [2.45, 2.75) is 6.54 Å². The normalized spacial score (nSPS) is 10.4. The highest BCUT2D eigenvalue weighted by Gasteiger charge is 2.09. The van der Waals surface area contributed by atoms with Crippen molar-refractivity contribution < 1.29 is 14.3 Å². The van der Waals surface area contributed by atoms with Gasteiger partial charge in [-0.3, -0.25) is 9.59 Å². The zero-order valence-corrected chi connectivity index (χ0v) is 12.1. The number of hydrogen-bond donors (Lipinski definition) is 2. The number of carbonyl (C=O) groups excluding carboxylic acids is 2. The number of benzene rings is 1. The van der Waals surface area contributed by atoms with E-state index >= 15 is 0 Å². The third-order valence-corrected chi connectivity index (χ3v) is 2.85. The van der Waals surface area contributed by atoms with Crippen LogP contribution in [0.25, 0.3) is 0 Å². The second-order valence-electron chi connectivity index (χ2n) is 3.90. The maximum Gasteiger partial charge on any atom is 0.325 e. The van der Waals surface area contributed by atoms with Gasteiger partial charge in [0.1, 0.15) is 18.2 Å². The minimum atomic E-state index is -0.560. The van der Waals surface area contributed by atoms with Crippen molar-refractivity contribution >= 4 is 23.5 Å². The molecule has 0 aromatic heterocycles. The van der Waals surface area contributed by atoms with Crippen LogP contribution in [0.15, 0.2) is 36.0 Å². The fourth-order valence-electron chi connectivity index (χ4n) is 1.37. The van der Waals surface area contributed by atoms with Crippen molar-refractivity contribution in [1.82, 2.24) is 10.6 Å². The highest BCUT2D eigenvalue weighted by molar-refractivity contribution is 6.31. The highest BCUT2D eigenvalue weighted by Crippen LogP contribution is 2.14. The zero-order valence-electron chi connectivity index (χ0n) is 11.4. The summed E-state index contributed by atoms with van der Waals surface area (Å²) in [5.74, 6) is -1.06. The predicted molar refractivity (Wildman–Crippen MR) is 77.0 cm³/mol. The first-order valence-electron chi connectivity index (χ1n) is 6.00. The van der Waals surface area contributed by atoms with Crippen LogP contribution in [0.5, 0.6) is 0 Å². The molecule has 1 rings (SSSR count). The molecule has 0 spiro atoms. The molecule has 110 valence electrons. The summed E-state index contributed by atoms with van der Waals surface area (Å²) in [5, 5.41) is 14.5. The van der Waals surface area contributed by atoms with Crippen LogP contribution in [0, 0.1) is 11.3 Å². The molecule has 0 atom stereocenters. The van der Waals surface area contributed by atoms with Gasteiger partial charge in [0.25, 0.3) is 5.91 Å². The van der Waals surface area contributed by atoms with E-state index in [2.05, 4.69) is 15.4 Å². The topological polar surface area (TPSA) is 91.2 Å². The van der Waals surface area contributed by atoms with Gasteiger partial charge in [-0.1, -0.05) is 29.8 Å². The van der Waals surface area contributed by atoms with Crippen LogP contribution in [0.4, 0.5) is 0 Å². The van der Waals surface area contributed by atoms with Gasteiger partial charge in [-0.25, -0.2) is 0 Å². The Balaban J connectivity index is 2.56. The number of nitriles is 1. The molecule has 0 radical (unpaired) electrons. The van der Waals surface area contributed by atoms with Crippen molar-refractivity contribution in [2.24, 2.45) is 0 Å². The maximum atomic E-state index is 11.8. The lowest BCUT2D eigenvalue weighted by Gasteiger charge is -2.06. The fraction of sp³-hybridized carbons (Fsp3) is 0.214. The van der Waals surface area contributed by atoms with Crippen LogP contribution in [-0.2, 0) is 20.9 Å². The van der Waals surface area contributed by atoms with Gasteiger partial charge in [0.2, 0.25) is 0 Å². The Hall–Kier alpha value is -2.52. The first-order chi connectivity index (χ1) is 10.1. The van der Waals surface area contributed by atoms with E-state index in [0.717, 1.165) is 5.56 Å². The zero-order chi connectivity index (χ0) is 15.7. The average Bonchev–Trinajstić information content (AvgIpc) is 2.50. The quantitative estimate of drug-likeness (QED) is 0.467. The van der Waals surface area contributed by atoms with E-state index in [1.807, 2.05) is 0 Å². The molecule has 1 amide bonds. The van der Waals surface area contributed by atoms with Crippen molar-refractivity contribution in [1.29, 1.82) is 5.26 Å². The highest BCUT2D eigenvalue weighted by atomic mass is 35.5. The van der Waals surface area contributed by atoms with E-state index in [4.69, 9.17) is 16.9 Å². The second kappa shape index (κ2) is 8.61. The van der Waals surface area contributed by atoms with Crippen molar-refractivity contribution in [3.05, 3.63) is 46.6 Å². The molecule has 0 heterocycles. The van der Waals surface area contributed by atoms with Crippen LogP contribution in [0.2, 0.25) is 5.02 Å². The molecule has 0 aliphatic carbocycles. The molecule has 2 N–H and O–H groups in total. The van der Waals surface area contributed by atoms with Crippen molar-refractivity contribution in [3.63, 3.8) is 0 Å². The number of amides is 1. The second-order valence-corrected chi connectivity index (χ2v) is 4.31. The van der Waals surface area contributed by atoms with Crippen LogP contribution in [-0.4, -0.2) is 25.5 Å². The fourth-order valence-corrected chi connectivity index (χ4v) is 1.57. The largest absolute Gasteiger partial charge is 0.468 e. The predicted octanol–water partition coefficient (Wildman–Crippen LogP) is 1.13. The summed E-state index contributed by atoms with van der Waals surface area (Å²) in [7, 11) is 1.25. The number of methoxy groups -OCH3 is 1. The number of nitrogens with one attached hydrogen (secondary N) is 2. The van der Waals surface area contributed by atoms with Gasteiger partial charge >= 0.3 is 5.97 Å². The first-order valence-corrected chi connectivity index (χ1v) is 6.38. The van der Waals surface area contributed by atoms with Gasteiger partial charge in [-0.05, 0) is 11.6 Å². The number of hydrogen-bond acceptors (Lipinski definition) is 5. The molecule has 0 saturated heterocycles. The average molecular weight is 308 g/mol. The van der Waals surface area contributed by atoms with E-state index in [1.54, 1.807) is 30.3 Å². The lowest BCUT2D eigenvalue weighted by Crippen LogP contribution is -2.26. The Morgan fingerprint density at radius 2 is 2.14 bits per heavy atom.